The van der Waals surface area contributed by atoms with Crippen LogP contribution in [0.3, 0.4) is 0 Å². The summed E-state index contributed by atoms with van der Waals surface area (Å²) >= 11 is 0. The normalized spacial score (nSPS) is 41.9. The van der Waals surface area contributed by atoms with Gasteiger partial charge in [0.1, 0.15) is 30.5 Å². The minimum absolute atomic E-state index is 0.0427. The highest BCUT2D eigenvalue weighted by Gasteiger charge is 2.48. The molecule has 19 nitrogen and oxygen atoms in total. The number of ketones is 1. The van der Waals surface area contributed by atoms with Crippen molar-refractivity contribution in [3.63, 3.8) is 0 Å². The molecule has 0 radical (unpaired) electrons. The van der Waals surface area contributed by atoms with Gasteiger partial charge in [-0.1, -0.05) is 52.3 Å². The van der Waals surface area contributed by atoms with E-state index in [1.165, 1.54) is 20.6 Å². The summed E-state index contributed by atoms with van der Waals surface area (Å²) in [5, 5.41) is 45.3. The molecule has 3 fully saturated rings. The first-order valence-electron chi connectivity index (χ1n) is 23.4. The fraction of sp³-hybridized carbons (Fsp3) is 0.870. The van der Waals surface area contributed by atoms with Gasteiger partial charge in [0.25, 0.3) is 0 Å². The number of rotatable bonds is 12. The number of carbonyl (C=O) groups is 2. The highest BCUT2D eigenvalue weighted by molar-refractivity contribution is 7.45. The Morgan fingerprint density at radius 2 is 1.39 bits per heavy atom. The number of likely N-dealkylation sites (N-methyl/N-ethyl adjacent to an activating group) is 1. The summed E-state index contributed by atoms with van der Waals surface area (Å²) in [6.07, 6.45) is -2.96. The van der Waals surface area contributed by atoms with E-state index in [4.69, 9.17) is 52.4 Å². The van der Waals surface area contributed by atoms with Gasteiger partial charge in [0.05, 0.1) is 49.6 Å². The van der Waals surface area contributed by atoms with Crippen LogP contribution in [-0.2, 0) is 47.3 Å². The van der Waals surface area contributed by atoms with Crippen molar-refractivity contribution in [2.75, 3.05) is 54.6 Å². The van der Waals surface area contributed by atoms with Crippen LogP contribution < -0.4 is 0 Å². The second-order valence-electron chi connectivity index (χ2n) is 19.5. The molecule has 4 aliphatic rings. The van der Waals surface area contributed by atoms with Gasteiger partial charge in [-0.05, 0) is 90.9 Å². The van der Waals surface area contributed by atoms with Crippen molar-refractivity contribution in [3.8, 4) is 0 Å². The second-order valence-corrected chi connectivity index (χ2v) is 20.5. The molecule has 4 aliphatic heterocycles. The van der Waals surface area contributed by atoms with Crippen LogP contribution in [0.2, 0.25) is 0 Å². The number of esters is 1. The molecule has 0 spiro atoms. The number of methoxy groups -OCH3 is 2. The van der Waals surface area contributed by atoms with Gasteiger partial charge in [0.2, 0.25) is 0 Å². The molecular weight excluding hydrogens is 883 g/mol. The number of hydrogen-bond acceptors (Lipinski definition) is 16. The molecule has 20 heteroatoms. The summed E-state index contributed by atoms with van der Waals surface area (Å²) in [6.45, 7) is 18.2. The maximum absolute atomic E-state index is 14.0. The largest absolute Gasteiger partial charge is 0.466 e. The van der Waals surface area contributed by atoms with Crippen LogP contribution in [0.1, 0.15) is 87.5 Å². The van der Waals surface area contributed by atoms with Gasteiger partial charge < -0.3 is 78.1 Å². The minimum atomic E-state index is -4.64. The van der Waals surface area contributed by atoms with Crippen molar-refractivity contribution in [2.24, 2.45) is 35.5 Å². The van der Waals surface area contributed by atoms with Gasteiger partial charge in [0.15, 0.2) is 18.4 Å². The molecule has 19 atom stereocenters. The first-order valence-corrected chi connectivity index (χ1v) is 25.0. The summed E-state index contributed by atoms with van der Waals surface area (Å²) in [7, 11) is 1.90. The van der Waals surface area contributed by atoms with Crippen LogP contribution in [-0.4, -0.2) is 191 Å². The average Bonchev–Trinajstić information content (AvgIpc) is 3.22. The van der Waals surface area contributed by atoms with E-state index in [0.717, 1.165) is 25.2 Å². The molecule has 19 unspecified atom stereocenters. The number of carbonyl (C=O) groups excluding carboxylic acids is 2. The van der Waals surface area contributed by atoms with Gasteiger partial charge in [-0.3, -0.25) is 9.59 Å². The van der Waals surface area contributed by atoms with Gasteiger partial charge in [-0.25, -0.2) is 4.57 Å². The van der Waals surface area contributed by atoms with Crippen LogP contribution in [0.4, 0.5) is 0 Å². The van der Waals surface area contributed by atoms with E-state index in [1.807, 2.05) is 33.8 Å². The zero-order valence-electron chi connectivity index (χ0n) is 41.1. The standard InChI is InChI=1S/C46H80N2O13.H3O4P/c1-13-36-33(24-57-46-44(56-12)43(55-11)40(53)31(8)59-46)19-25(2)14-15-34(49)28(5)20-32(16-17-48-22-26(3)18-27(4)23-48)42(29(6)35(50)21-37(51)60-36)61-45-41(54)38(47(9)10)39(52)30(7)58-45;1-5(2,3)4/h14-15,19,26-33,35-36,38-46,50,52-54H,13,16-18,20-24H2,1-12H3;(H3,1,2,3,4)/b15-14-,25-19-;. The SMILES string of the molecule is CCC1OC(=O)CC(O)C(C)C(OC2OC(C)C(O)C(N(C)C)C2O)C(CCN2CC(C)CC(C)C2)CC(C)C(=O)/C=C\C(C)=C/C1COC1OC(C)C(O)C(OC)C1OC.O=P(O)(O)O. The third kappa shape index (κ3) is 17.6. The van der Waals surface area contributed by atoms with E-state index in [-0.39, 0.29) is 24.7 Å². The molecule has 7 N–H and O–H groups in total. The molecule has 0 saturated carbocycles. The predicted molar refractivity (Wildman–Crippen MR) is 243 cm³/mol. The number of piperidine rings is 1. The Morgan fingerprint density at radius 1 is 0.818 bits per heavy atom. The van der Waals surface area contributed by atoms with Crippen LogP contribution in [0.25, 0.3) is 0 Å². The summed E-state index contributed by atoms with van der Waals surface area (Å²) < 4.78 is 51.5. The number of nitrogens with zero attached hydrogens (tertiary/aromatic N) is 2. The van der Waals surface area contributed by atoms with E-state index < -0.39 is 111 Å². The van der Waals surface area contributed by atoms with Crippen LogP contribution in [0, 0.1) is 35.5 Å². The minimum Gasteiger partial charge on any atom is -0.462 e. The predicted octanol–water partition coefficient (Wildman–Crippen LogP) is 2.41. The monoisotopic (exact) mass is 967 g/mol. The molecule has 3 saturated heterocycles. The highest BCUT2D eigenvalue weighted by atomic mass is 31.2. The summed E-state index contributed by atoms with van der Waals surface area (Å²) in [6, 6.07) is -0.684. The van der Waals surface area contributed by atoms with E-state index in [9.17, 15) is 30.0 Å². The van der Waals surface area contributed by atoms with E-state index in [0.29, 0.717) is 31.1 Å². The molecule has 0 bridgehead atoms. The number of phosphoric acid groups is 1. The zero-order chi connectivity index (χ0) is 49.8. The first kappa shape index (κ1) is 58.6. The van der Waals surface area contributed by atoms with Crippen molar-refractivity contribution < 1.29 is 82.4 Å². The summed E-state index contributed by atoms with van der Waals surface area (Å²) in [4.78, 5) is 53.6. The van der Waals surface area contributed by atoms with Gasteiger partial charge in [0, 0.05) is 45.1 Å². The zero-order valence-corrected chi connectivity index (χ0v) is 42.0. The molecule has 384 valence electrons. The molecule has 66 heavy (non-hydrogen) atoms. The van der Waals surface area contributed by atoms with Crippen molar-refractivity contribution in [3.05, 3.63) is 23.8 Å². The number of ether oxygens (including phenoxy) is 7. The van der Waals surface area contributed by atoms with E-state index >= 15 is 0 Å². The number of aliphatic hydroxyl groups is 4. The maximum atomic E-state index is 14.0. The Kier molecular flexibility index (Phi) is 24.0. The average molecular weight is 967 g/mol. The molecule has 4 rings (SSSR count). The number of aliphatic hydroxyl groups excluding tert-OH is 4. The Labute approximate surface area is 392 Å². The van der Waals surface area contributed by atoms with Crippen molar-refractivity contribution in [2.45, 2.75) is 167 Å². The van der Waals surface area contributed by atoms with E-state index in [2.05, 4.69) is 18.7 Å². The van der Waals surface area contributed by atoms with Gasteiger partial charge in [-0.2, -0.15) is 0 Å². The topological polar surface area (TPSA) is 264 Å². The molecule has 0 aromatic heterocycles. The number of cyclic esters (lactones) is 1. The Morgan fingerprint density at radius 3 is 1.95 bits per heavy atom. The number of allylic oxidation sites excluding steroid dienone is 3. The molecular formula is C46H83N2O17P. The van der Waals surface area contributed by atoms with Crippen LogP contribution in [0.15, 0.2) is 23.8 Å². The Hall–Kier alpha value is -1.75. The summed E-state index contributed by atoms with van der Waals surface area (Å²) in [5.41, 5.74) is 0.761. The van der Waals surface area contributed by atoms with Crippen molar-refractivity contribution in [1.82, 2.24) is 9.80 Å². The quantitative estimate of drug-likeness (QED) is 0.109. The molecule has 0 aliphatic carbocycles. The Balaban J connectivity index is 0.00000219. The third-order valence-electron chi connectivity index (χ3n) is 13.5. The number of hydrogen-bond donors (Lipinski definition) is 7. The van der Waals surface area contributed by atoms with E-state index in [1.54, 1.807) is 45.0 Å². The number of likely N-dealkylation sites (tertiary alicyclic amines) is 1. The van der Waals surface area contributed by atoms with Gasteiger partial charge >= 0.3 is 13.8 Å². The summed E-state index contributed by atoms with van der Waals surface area (Å²) in [5.74, 6) is -1.46. The maximum Gasteiger partial charge on any atom is 0.466 e. The van der Waals surface area contributed by atoms with Crippen molar-refractivity contribution in [1.29, 1.82) is 0 Å². The lowest BCUT2D eigenvalue weighted by atomic mass is 9.79. The lowest BCUT2D eigenvalue weighted by molar-refractivity contribution is -0.304. The molecule has 4 heterocycles. The third-order valence-corrected chi connectivity index (χ3v) is 13.5. The second kappa shape index (κ2) is 27.0. The van der Waals surface area contributed by atoms with Crippen molar-refractivity contribution >= 4 is 19.6 Å². The fourth-order valence-corrected chi connectivity index (χ4v) is 10.0. The lowest BCUT2D eigenvalue weighted by Gasteiger charge is -2.47. The Bertz CT molecular complexity index is 1580. The molecule has 0 amide bonds. The van der Waals surface area contributed by atoms with Crippen LogP contribution in [0.5, 0.6) is 0 Å². The smallest absolute Gasteiger partial charge is 0.462 e. The fourth-order valence-electron chi connectivity index (χ4n) is 10.0. The molecule has 0 aromatic carbocycles. The lowest BCUT2D eigenvalue weighted by Crippen LogP contribution is -2.63. The molecule has 0 aromatic rings. The van der Waals surface area contributed by atoms with Crippen LogP contribution >= 0.6 is 7.82 Å². The highest BCUT2D eigenvalue weighted by Crippen LogP contribution is 2.36. The van der Waals surface area contributed by atoms with Gasteiger partial charge in [-0.15, -0.1) is 0 Å². The first-order chi connectivity index (χ1) is 30.8.